The molecule has 0 saturated carbocycles. The van der Waals surface area contributed by atoms with Gasteiger partial charge in [0.05, 0.1) is 0 Å². The van der Waals surface area contributed by atoms with Gasteiger partial charge in [-0.1, -0.05) is 6.92 Å². The van der Waals surface area contributed by atoms with E-state index in [1.807, 2.05) is 0 Å². The van der Waals surface area contributed by atoms with E-state index < -0.39 is 54.6 Å². The van der Waals surface area contributed by atoms with Gasteiger partial charge in [-0.05, 0) is 0 Å². The van der Waals surface area contributed by atoms with Crippen LogP contribution in [-0.2, 0) is 43.2 Å². The largest absolute Gasteiger partial charge is 0.352 e. The number of carbonyl (C=O) groups excluding carboxylic acids is 7. The number of hydrogen-bond acceptors (Lipinski definition) is 9. The molecule has 2 rings (SSSR count). The lowest BCUT2D eigenvalue weighted by molar-refractivity contribution is -0.201. The minimum Gasteiger partial charge on any atom is -0.328 e. The number of imide groups is 2. The minimum atomic E-state index is -1.11. The molecule has 0 bridgehead atoms. The lowest BCUT2D eigenvalue weighted by Crippen LogP contribution is -2.44. The molecule has 0 aliphatic carbocycles. The van der Waals surface area contributed by atoms with Crippen LogP contribution in [0.25, 0.3) is 0 Å². The van der Waals surface area contributed by atoms with Crippen molar-refractivity contribution in [3.8, 4) is 0 Å². The number of amides is 5. The fraction of sp³-hybridized carbons (Fsp3) is 0.533. The molecule has 146 valence electrons. The van der Waals surface area contributed by atoms with Gasteiger partial charge in [0.1, 0.15) is 13.1 Å². The average molecular weight is 383 g/mol. The van der Waals surface area contributed by atoms with Gasteiger partial charge < -0.3 is 14.6 Å². The third kappa shape index (κ3) is 4.86. The van der Waals surface area contributed by atoms with E-state index in [0.717, 1.165) is 4.90 Å². The van der Waals surface area contributed by atoms with Crippen LogP contribution in [0.1, 0.15) is 39.0 Å². The normalized spacial score (nSPS) is 16.8. The van der Waals surface area contributed by atoms with Crippen LogP contribution in [-0.4, -0.2) is 69.6 Å². The molecule has 0 atom stereocenters. The fourth-order valence-electron chi connectivity index (χ4n) is 2.34. The molecule has 12 nitrogen and oxygen atoms in total. The quantitative estimate of drug-likeness (QED) is 0.476. The van der Waals surface area contributed by atoms with Crippen molar-refractivity contribution in [2.24, 2.45) is 0 Å². The summed E-state index contributed by atoms with van der Waals surface area (Å²) in [7, 11) is 0. The maximum atomic E-state index is 11.9. The van der Waals surface area contributed by atoms with Crippen LogP contribution < -0.4 is 0 Å². The number of rotatable bonds is 7. The molecule has 2 aliphatic heterocycles. The number of hydroxylamine groups is 4. The van der Waals surface area contributed by atoms with Crippen LogP contribution in [0.4, 0.5) is 0 Å². The van der Waals surface area contributed by atoms with E-state index in [1.54, 1.807) is 0 Å². The van der Waals surface area contributed by atoms with Gasteiger partial charge >= 0.3 is 11.9 Å². The minimum absolute atomic E-state index is 0.0658. The van der Waals surface area contributed by atoms with Crippen molar-refractivity contribution in [2.75, 3.05) is 13.1 Å². The van der Waals surface area contributed by atoms with E-state index in [0.29, 0.717) is 10.1 Å². The molecule has 27 heavy (non-hydrogen) atoms. The zero-order valence-corrected chi connectivity index (χ0v) is 14.5. The average Bonchev–Trinajstić information content (AvgIpc) is 3.10. The van der Waals surface area contributed by atoms with Crippen LogP contribution in [0.2, 0.25) is 0 Å². The molecular formula is C15H17N3O9. The summed E-state index contributed by atoms with van der Waals surface area (Å²) in [6.07, 6.45) is -0.423. The smallest absolute Gasteiger partial charge is 0.328 e. The first-order valence-corrected chi connectivity index (χ1v) is 8.13. The van der Waals surface area contributed by atoms with Crippen molar-refractivity contribution >= 4 is 41.5 Å². The highest BCUT2D eigenvalue weighted by atomic mass is 16.7. The lowest BCUT2D eigenvalue weighted by Gasteiger charge is -2.22. The summed E-state index contributed by atoms with van der Waals surface area (Å²) < 4.78 is 0. The zero-order chi connectivity index (χ0) is 20.1. The van der Waals surface area contributed by atoms with E-state index in [4.69, 9.17) is 0 Å². The summed E-state index contributed by atoms with van der Waals surface area (Å²) in [5, 5.41) is 0.633. The van der Waals surface area contributed by atoms with Gasteiger partial charge in [-0.2, -0.15) is 0 Å². The highest BCUT2D eigenvalue weighted by molar-refractivity contribution is 6.02. The Morgan fingerprint density at radius 3 is 1.41 bits per heavy atom. The molecule has 2 fully saturated rings. The van der Waals surface area contributed by atoms with Crippen molar-refractivity contribution in [2.45, 2.75) is 39.0 Å². The topological polar surface area (TPSA) is 148 Å². The van der Waals surface area contributed by atoms with Crippen molar-refractivity contribution < 1.29 is 43.2 Å². The molecule has 0 spiro atoms. The molecule has 0 aromatic heterocycles. The predicted molar refractivity (Wildman–Crippen MR) is 81.2 cm³/mol. The summed E-state index contributed by atoms with van der Waals surface area (Å²) in [6, 6.07) is 0. The summed E-state index contributed by atoms with van der Waals surface area (Å²) in [5.74, 6) is -5.59. The van der Waals surface area contributed by atoms with Crippen molar-refractivity contribution in [3.05, 3.63) is 0 Å². The Morgan fingerprint density at radius 1 is 0.778 bits per heavy atom. The molecule has 2 heterocycles. The third-order valence-corrected chi connectivity index (χ3v) is 3.69. The van der Waals surface area contributed by atoms with E-state index in [-0.39, 0.29) is 32.1 Å². The van der Waals surface area contributed by atoms with E-state index >= 15 is 0 Å². The second-order valence-electron chi connectivity index (χ2n) is 5.69. The molecule has 0 aromatic rings. The third-order valence-electron chi connectivity index (χ3n) is 3.69. The Kier molecular flexibility index (Phi) is 6.21. The summed E-state index contributed by atoms with van der Waals surface area (Å²) in [6.45, 7) is 0.00843. The molecule has 12 heteroatoms. The van der Waals surface area contributed by atoms with Gasteiger partial charge in [-0.3, -0.25) is 24.0 Å². The Balaban J connectivity index is 1.95. The van der Waals surface area contributed by atoms with Gasteiger partial charge in [-0.25, -0.2) is 9.59 Å². The van der Waals surface area contributed by atoms with Crippen LogP contribution in [0.5, 0.6) is 0 Å². The second kappa shape index (κ2) is 8.38. The summed E-state index contributed by atoms with van der Waals surface area (Å²) in [4.78, 5) is 91.5. The van der Waals surface area contributed by atoms with Crippen LogP contribution >= 0.6 is 0 Å². The first kappa shape index (κ1) is 20.0. The highest BCUT2D eigenvalue weighted by Crippen LogP contribution is 2.14. The van der Waals surface area contributed by atoms with Crippen molar-refractivity contribution in [1.29, 1.82) is 0 Å². The molecule has 0 radical (unpaired) electrons. The molecule has 5 amide bonds. The summed E-state index contributed by atoms with van der Waals surface area (Å²) in [5.41, 5.74) is 0. The van der Waals surface area contributed by atoms with E-state index in [1.165, 1.54) is 6.92 Å². The maximum Gasteiger partial charge on any atom is 0.352 e. The van der Waals surface area contributed by atoms with Gasteiger partial charge in [0.25, 0.3) is 23.6 Å². The molecule has 0 N–H and O–H groups in total. The first-order chi connectivity index (χ1) is 12.7. The monoisotopic (exact) mass is 383 g/mol. The lowest BCUT2D eigenvalue weighted by atomic mass is 10.3. The van der Waals surface area contributed by atoms with E-state index in [2.05, 4.69) is 9.68 Å². The van der Waals surface area contributed by atoms with Crippen LogP contribution in [0, 0.1) is 0 Å². The summed E-state index contributed by atoms with van der Waals surface area (Å²) >= 11 is 0. The Bertz CT molecular complexity index is 633. The molecule has 0 aromatic carbocycles. The Labute approximate surface area is 152 Å². The van der Waals surface area contributed by atoms with Crippen LogP contribution in [0.3, 0.4) is 0 Å². The highest BCUT2D eigenvalue weighted by Gasteiger charge is 2.35. The molecule has 2 saturated heterocycles. The number of nitrogens with zero attached hydrogens (tertiary/aromatic N) is 3. The first-order valence-electron chi connectivity index (χ1n) is 8.13. The number of hydrogen-bond donors (Lipinski definition) is 0. The molecular weight excluding hydrogens is 366 g/mol. The van der Waals surface area contributed by atoms with Gasteiger partial charge in [0.15, 0.2) is 0 Å². The Morgan fingerprint density at radius 2 is 1.11 bits per heavy atom. The predicted octanol–water partition coefficient (Wildman–Crippen LogP) is -1.56. The van der Waals surface area contributed by atoms with Crippen molar-refractivity contribution in [3.63, 3.8) is 0 Å². The second-order valence-corrected chi connectivity index (χ2v) is 5.69. The molecule has 0 unspecified atom stereocenters. The van der Waals surface area contributed by atoms with Crippen molar-refractivity contribution in [1.82, 2.24) is 15.0 Å². The zero-order valence-electron chi connectivity index (χ0n) is 14.5. The van der Waals surface area contributed by atoms with Crippen LogP contribution in [0.15, 0.2) is 0 Å². The van der Waals surface area contributed by atoms with E-state index in [9.17, 15) is 33.6 Å². The van der Waals surface area contributed by atoms with Gasteiger partial charge in [-0.15, -0.1) is 10.1 Å². The fourth-order valence-corrected chi connectivity index (χ4v) is 2.34. The maximum absolute atomic E-state index is 11.9. The SMILES string of the molecule is CCC(=O)N(CC(=O)ON1C(=O)CCC1=O)CC(=O)ON1C(=O)CCC1=O. The standard InChI is InChI=1S/C15H17N3O9/c1-2-9(19)16(7-14(24)26-17-10(20)3-4-11(17)21)8-15(25)27-18-12(22)5-6-13(18)23/h2-8H2,1H3. The Hall–Kier alpha value is -3.31. The number of carbonyl (C=O) groups is 7. The van der Waals surface area contributed by atoms with Gasteiger partial charge in [0, 0.05) is 32.1 Å². The molecule has 2 aliphatic rings. The van der Waals surface area contributed by atoms with Gasteiger partial charge in [0.2, 0.25) is 5.91 Å².